The predicted molar refractivity (Wildman–Crippen MR) is 84.4 cm³/mol. The lowest BCUT2D eigenvalue weighted by Crippen LogP contribution is -2.46. The van der Waals surface area contributed by atoms with Crippen molar-refractivity contribution in [2.45, 2.75) is 17.9 Å². The number of rotatable bonds is 9. The standard InChI is InChI=1S/C15H17O9Si/c1-22-9(6-25)15(23-2,24-3)11-8(13(18)19)5-4-7(12(16)17)10(11)14(20)21/h4-5,9H,6H2,1-3H3,(H,16,17)(H,18,19)(H,20,21). The van der Waals surface area contributed by atoms with Gasteiger partial charge >= 0.3 is 17.9 Å². The van der Waals surface area contributed by atoms with E-state index in [1.807, 2.05) is 0 Å². The van der Waals surface area contributed by atoms with E-state index < -0.39 is 52.1 Å². The van der Waals surface area contributed by atoms with E-state index in [4.69, 9.17) is 14.2 Å². The van der Waals surface area contributed by atoms with Crippen molar-refractivity contribution in [3.8, 4) is 0 Å². The van der Waals surface area contributed by atoms with Crippen molar-refractivity contribution in [1.29, 1.82) is 0 Å². The van der Waals surface area contributed by atoms with Gasteiger partial charge in [0, 0.05) is 37.1 Å². The van der Waals surface area contributed by atoms with Gasteiger partial charge in [-0.2, -0.15) is 0 Å². The summed E-state index contributed by atoms with van der Waals surface area (Å²) >= 11 is 0. The molecule has 25 heavy (non-hydrogen) atoms. The minimum absolute atomic E-state index is 0.0770. The number of hydrogen-bond acceptors (Lipinski definition) is 6. The van der Waals surface area contributed by atoms with Gasteiger partial charge in [-0.3, -0.25) is 0 Å². The smallest absolute Gasteiger partial charge is 0.337 e. The van der Waals surface area contributed by atoms with Gasteiger partial charge < -0.3 is 29.5 Å². The zero-order chi connectivity index (χ0) is 19.4. The second-order valence-corrected chi connectivity index (χ2v) is 5.24. The first-order chi connectivity index (χ1) is 11.7. The summed E-state index contributed by atoms with van der Waals surface area (Å²) in [5, 5.41) is 28.3. The molecular weight excluding hydrogens is 352 g/mol. The highest BCUT2D eigenvalue weighted by Gasteiger charge is 2.47. The predicted octanol–water partition coefficient (Wildman–Crippen LogP) is 0.829. The maximum absolute atomic E-state index is 11.8. The number of ether oxygens (including phenoxy) is 3. The Morgan fingerprint density at radius 2 is 1.48 bits per heavy atom. The van der Waals surface area contributed by atoms with E-state index in [0.29, 0.717) is 0 Å². The van der Waals surface area contributed by atoms with Gasteiger partial charge in [0.2, 0.25) is 5.79 Å². The number of carboxylic acids is 3. The van der Waals surface area contributed by atoms with Crippen LogP contribution in [0.1, 0.15) is 36.6 Å². The van der Waals surface area contributed by atoms with Gasteiger partial charge in [-0.15, -0.1) is 0 Å². The van der Waals surface area contributed by atoms with Gasteiger partial charge in [0.25, 0.3) is 0 Å². The van der Waals surface area contributed by atoms with Gasteiger partial charge in [-0.25, -0.2) is 14.4 Å². The summed E-state index contributed by atoms with van der Waals surface area (Å²) in [6, 6.07) is 1.97. The zero-order valence-corrected chi connectivity index (χ0v) is 14.7. The van der Waals surface area contributed by atoms with Crippen LogP contribution in [0.5, 0.6) is 0 Å². The molecule has 1 aromatic carbocycles. The summed E-state index contributed by atoms with van der Waals surface area (Å²) in [7, 11) is 6.85. The number of hydrogen-bond donors (Lipinski definition) is 3. The summed E-state index contributed by atoms with van der Waals surface area (Å²) in [6.07, 6.45) is -0.987. The Kier molecular flexibility index (Phi) is 6.82. The number of aromatic carboxylic acids is 3. The Morgan fingerprint density at radius 1 is 1.00 bits per heavy atom. The molecule has 3 N–H and O–H groups in total. The average molecular weight is 369 g/mol. The van der Waals surface area contributed by atoms with Gasteiger partial charge in [0.15, 0.2) is 0 Å². The van der Waals surface area contributed by atoms with E-state index in [1.54, 1.807) is 0 Å². The molecule has 1 unspecified atom stereocenters. The highest BCUT2D eigenvalue weighted by atomic mass is 28.1. The van der Waals surface area contributed by atoms with E-state index in [-0.39, 0.29) is 6.04 Å². The molecule has 0 amide bonds. The molecule has 10 heteroatoms. The van der Waals surface area contributed by atoms with Crippen LogP contribution in [0.15, 0.2) is 12.1 Å². The lowest BCUT2D eigenvalue weighted by Gasteiger charge is -2.38. The lowest BCUT2D eigenvalue weighted by molar-refractivity contribution is -0.270. The third kappa shape index (κ3) is 3.56. The summed E-state index contributed by atoms with van der Waals surface area (Å²) in [5.74, 6) is -6.64. The fourth-order valence-electron chi connectivity index (χ4n) is 2.63. The topological polar surface area (TPSA) is 140 Å². The molecule has 0 aliphatic carbocycles. The number of carboxylic acid groups (broad SMARTS) is 3. The van der Waals surface area contributed by atoms with Crippen molar-refractivity contribution in [3.05, 3.63) is 34.4 Å². The molecular formula is C15H17O9Si. The Bertz CT molecular complexity index is 678. The van der Waals surface area contributed by atoms with Crippen LogP contribution >= 0.6 is 0 Å². The first-order valence-corrected chi connectivity index (χ1v) is 7.57. The molecule has 1 aromatic rings. The molecule has 0 saturated carbocycles. The highest BCUT2D eigenvalue weighted by Crippen LogP contribution is 2.39. The number of carbonyl (C=O) groups is 3. The largest absolute Gasteiger partial charge is 0.478 e. The first kappa shape index (κ1) is 20.8. The Morgan fingerprint density at radius 3 is 1.80 bits per heavy atom. The van der Waals surface area contributed by atoms with Crippen LogP contribution in [-0.2, 0) is 20.0 Å². The van der Waals surface area contributed by atoms with Crippen LogP contribution in [0.4, 0.5) is 0 Å². The maximum atomic E-state index is 11.8. The third-order valence-corrected chi connectivity index (χ3v) is 4.10. The average Bonchev–Trinajstić information content (AvgIpc) is 2.58. The Labute approximate surface area is 146 Å². The van der Waals surface area contributed by atoms with Crippen molar-refractivity contribution >= 4 is 28.2 Å². The molecule has 0 heterocycles. The number of methoxy groups -OCH3 is 3. The van der Waals surface area contributed by atoms with Crippen LogP contribution in [0.3, 0.4) is 0 Å². The Hall–Kier alpha value is -2.27. The molecule has 0 aliphatic rings. The normalized spacial score (nSPS) is 12.6. The van der Waals surface area contributed by atoms with Crippen LogP contribution in [0.25, 0.3) is 0 Å². The second kappa shape index (κ2) is 8.21. The van der Waals surface area contributed by atoms with Gasteiger partial charge in [0.1, 0.15) is 6.10 Å². The fraction of sp³-hybridized carbons (Fsp3) is 0.400. The van der Waals surface area contributed by atoms with Crippen molar-refractivity contribution in [3.63, 3.8) is 0 Å². The third-order valence-electron chi connectivity index (χ3n) is 3.73. The molecule has 0 aromatic heterocycles. The quantitative estimate of drug-likeness (QED) is 0.426. The number of benzene rings is 1. The minimum Gasteiger partial charge on any atom is -0.478 e. The molecule has 3 radical (unpaired) electrons. The molecule has 0 saturated heterocycles. The first-order valence-electron chi connectivity index (χ1n) is 6.86. The summed E-state index contributed by atoms with van der Waals surface area (Å²) in [6.45, 7) is 0. The van der Waals surface area contributed by atoms with Crippen molar-refractivity contribution < 1.29 is 43.9 Å². The minimum atomic E-state index is -1.98. The van der Waals surface area contributed by atoms with Crippen molar-refractivity contribution in [2.24, 2.45) is 0 Å². The second-order valence-electron chi connectivity index (χ2n) is 4.83. The van der Waals surface area contributed by atoms with Crippen LogP contribution in [-0.4, -0.2) is 70.9 Å². The van der Waals surface area contributed by atoms with Crippen LogP contribution < -0.4 is 0 Å². The van der Waals surface area contributed by atoms with Gasteiger partial charge in [0.05, 0.1) is 16.7 Å². The SMILES string of the molecule is COC(C[Si])C(OC)(OC)c1c(C(=O)O)ccc(C(=O)O)c1C(=O)O. The summed E-state index contributed by atoms with van der Waals surface area (Å²) < 4.78 is 15.9. The van der Waals surface area contributed by atoms with E-state index >= 15 is 0 Å². The molecule has 0 bridgehead atoms. The lowest BCUT2D eigenvalue weighted by atomic mass is 9.87. The maximum Gasteiger partial charge on any atom is 0.337 e. The monoisotopic (exact) mass is 369 g/mol. The Balaban J connectivity index is 4.08. The zero-order valence-electron chi connectivity index (χ0n) is 13.7. The van der Waals surface area contributed by atoms with Crippen LogP contribution in [0.2, 0.25) is 6.04 Å². The van der Waals surface area contributed by atoms with Gasteiger partial charge in [-0.1, -0.05) is 0 Å². The van der Waals surface area contributed by atoms with E-state index in [9.17, 15) is 29.7 Å². The molecule has 0 fully saturated rings. The fourth-order valence-corrected chi connectivity index (χ4v) is 3.06. The molecule has 1 rings (SSSR count). The molecule has 0 spiro atoms. The highest BCUT2D eigenvalue weighted by molar-refractivity contribution is 6.09. The van der Waals surface area contributed by atoms with E-state index in [0.717, 1.165) is 12.1 Å². The van der Waals surface area contributed by atoms with Crippen molar-refractivity contribution in [1.82, 2.24) is 0 Å². The summed E-state index contributed by atoms with van der Waals surface area (Å²) in [4.78, 5) is 34.9. The molecule has 135 valence electrons. The van der Waals surface area contributed by atoms with Gasteiger partial charge in [-0.05, 0) is 18.2 Å². The molecule has 0 aliphatic heterocycles. The van der Waals surface area contributed by atoms with Crippen molar-refractivity contribution in [2.75, 3.05) is 21.3 Å². The van der Waals surface area contributed by atoms with Crippen LogP contribution in [0, 0.1) is 0 Å². The molecule has 1 atom stereocenters. The van der Waals surface area contributed by atoms with E-state index in [1.165, 1.54) is 21.3 Å². The van der Waals surface area contributed by atoms with E-state index in [2.05, 4.69) is 10.2 Å². The molecule has 9 nitrogen and oxygen atoms in total. The summed E-state index contributed by atoms with van der Waals surface area (Å²) in [5.41, 5.74) is -2.29.